The summed E-state index contributed by atoms with van der Waals surface area (Å²) in [6.07, 6.45) is 12.0. The van der Waals surface area contributed by atoms with E-state index in [1.807, 2.05) is 26.8 Å². The Morgan fingerprint density at radius 2 is 1.95 bits per heavy atom. The van der Waals surface area contributed by atoms with E-state index < -0.39 is 5.60 Å². The van der Waals surface area contributed by atoms with E-state index in [0.29, 0.717) is 5.92 Å². The van der Waals surface area contributed by atoms with Gasteiger partial charge in [-0.15, -0.1) is 0 Å². The lowest BCUT2D eigenvalue weighted by atomic mass is 9.90. The molecule has 2 unspecified atom stereocenters. The van der Waals surface area contributed by atoms with Gasteiger partial charge in [0.05, 0.1) is 5.60 Å². The summed E-state index contributed by atoms with van der Waals surface area (Å²) in [5.41, 5.74) is 0.510. The molecular weight excluding hydrogens is 248 g/mol. The monoisotopic (exact) mass is 280 g/mol. The number of hydrogen-bond donors (Lipinski definition) is 1. The van der Waals surface area contributed by atoms with Crippen LogP contribution in [0.2, 0.25) is 0 Å². The van der Waals surface area contributed by atoms with Gasteiger partial charge < -0.3 is 5.11 Å². The van der Waals surface area contributed by atoms with Crippen LogP contribution in [0.15, 0.2) is 23.8 Å². The van der Waals surface area contributed by atoms with Crippen LogP contribution in [0.4, 0.5) is 0 Å². The molecule has 0 aromatic heterocycles. The Morgan fingerprint density at radius 3 is 2.45 bits per heavy atom. The van der Waals surface area contributed by atoms with E-state index in [9.17, 15) is 9.90 Å². The number of carbonyl (C=O) groups excluding carboxylic acids is 1. The highest BCUT2D eigenvalue weighted by Gasteiger charge is 2.17. The Morgan fingerprint density at radius 1 is 1.30 bits per heavy atom. The zero-order chi connectivity index (χ0) is 15.6. The molecule has 0 saturated heterocycles. The Kier molecular flexibility index (Phi) is 9.49. The summed E-state index contributed by atoms with van der Waals surface area (Å²) in [6.45, 7) is 9.70. The summed E-state index contributed by atoms with van der Waals surface area (Å²) in [6, 6.07) is 0. The van der Waals surface area contributed by atoms with E-state index in [0.717, 1.165) is 44.1 Å². The third-order valence-corrected chi connectivity index (χ3v) is 3.95. The van der Waals surface area contributed by atoms with Crippen LogP contribution in [0.25, 0.3) is 0 Å². The number of carbonyl (C=O) groups is 1. The second-order valence-electron chi connectivity index (χ2n) is 6.15. The van der Waals surface area contributed by atoms with Gasteiger partial charge in [0, 0.05) is 0 Å². The summed E-state index contributed by atoms with van der Waals surface area (Å²) in [4.78, 5) is 10.9. The molecule has 0 aliphatic rings. The van der Waals surface area contributed by atoms with Crippen LogP contribution >= 0.6 is 0 Å². The normalized spacial score (nSPS) is 17.2. The molecule has 2 nitrogen and oxygen atoms in total. The fraction of sp³-hybridized carbons (Fsp3) is 0.722. The molecule has 0 saturated carbocycles. The zero-order valence-electron chi connectivity index (χ0n) is 13.9. The molecule has 0 amide bonds. The molecule has 0 radical (unpaired) electrons. The molecule has 0 fully saturated rings. The van der Waals surface area contributed by atoms with E-state index >= 15 is 0 Å². The molecule has 20 heavy (non-hydrogen) atoms. The molecule has 0 aliphatic heterocycles. The average molecular weight is 280 g/mol. The standard InChI is InChI=1S/C18H32O2/c1-6-17(12-9-13-18(5,20)7-2)11-8-10-15(3)14-16(4)19/h8,10,14,17,20H,6-7,9,11-13H2,1-5H3. The van der Waals surface area contributed by atoms with E-state index in [4.69, 9.17) is 0 Å². The Labute approximate surface area is 125 Å². The van der Waals surface area contributed by atoms with Gasteiger partial charge in [0.2, 0.25) is 0 Å². The number of rotatable bonds is 10. The number of hydrogen-bond acceptors (Lipinski definition) is 2. The average Bonchev–Trinajstić information content (AvgIpc) is 2.36. The highest BCUT2D eigenvalue weighted by molar-refractivity contribution is 5.88. The van der Waals surface area contributed by atoms with Gasteiger partial charge in [-0.05, 0) is 57.6 Å². The van der Waals surface area contributed by atoms with Crippen LogP contribution < -0.4 is 0 Å². The lowest BCUT2D eigenvalue weighted by Crippen LogP contribution is -2.22. The second kappa shape index (κ2) is 9.93. The Bertz CT molecular complexity index is 337. The molecule has 0 heterocycles. The van der Waals surface area contributed by atoms with E-state index in [1.54, 1.807) is 13.0 Å². The van der Waals surface area contributed by atoms with Crippen molar-refractivity contribution < 1.29 is 9.90 Å². The second-order valence-corrected chi connectivity index (χ2v) is 6.15. The maximum absolute atomic E-state index is 10.9. The number of ketones is 1. The predicted octanol–water partition coefficient (Wildman–Crippen LogP) is 4.83. The van der Waals surface area contributed by atoms with Crippen molar-refractivity contribution in [3.8, 4) is 0 Å². The molecule has 0 bridgehead atoms. The van der Waals surface area contributed by atoms with Gasteiger partial charge in [0.1, 0.15) is 0 Å². The van der Waals surface area contributed by atoms with Crippen molar-refractivity contribution in [3.63, 3.8) is 0 Å². The Balaban J connectivity index is 4.11. The highest BCUT2D eigenvalue weighted by Crippen LogP contribution is 2.22. The fourth-order valence-electron chi connectivity index (χ4n) is 2.25. The summed E-state index contributed by atoms with van der Waals surface area (Å²) in [5, 5.41) is 9.99. The molecule has 0 rings (SSSR count). The first kappa shape index (κ1) is 19.1. The summed E-state index contributed by atoms with van der Waals surface area (Å²) >= 11 is 0. The van der Waals surface area contributed by atoms with Gasteiger partial charge in [-0.3, -0.25) is 4.79 Å². The van der Waals surface area contributed by atoms with Crippen LogP contribution in [0.3, 0.4) is 0 Å². The zero-order valence-corrected chi connectivity index (χ0v) is 13.9. The first-order valence-electron chi connectivity index (χ1n) is 7.88. The fourth-order valence-corrected chi connectivity index (χ4v) is 2.25. The van der Waals surface area contributed by atoms with Crippen LogP contribution in [-0.4, -0.2) is 16.5 Å². The van der Waals surface area contributed by atoms with Crippen LogP contribution in [0, 0.1) is 5.92 Å². The largest absolute Gasteiger partial charge is 0.390 e. The topological polar surface area (TPSA) is 37.3 Å². The summed E-state index contributed by atoms with van der Waals surface area (Å²) in [7, 11) is 0. The van der Waals surface area contributed by atoms with Crippen molar-refractivity contribution in [3.05, 3.63) is 23.8 Å². The molecule has 0 aliphatic carbocycles. The number of allylic oxidation sites excluding steroid dienone is 4. The van der Waals surface area contributed by atoms with E-state index in [-0.39, 0.29) is 5.78 Å². The molecule has 1 N–H and O–H groups in total. The highest BCUT2D eigenvalue weighted by atomic mass is 16.3. The van der Waals surface area contributed by atoms with Gasteiger partial charge in [-0.25, -0.2) is 0 Å². The third kappa shape index (κ3) is 9.96. The first-order chi connectivity index (χ1) is 9.30. The Hall–Kier alpha value is -0.890. The van der Waals surface area contributed by atoms with Crippen molar-refractivity contribution in [1.29, 1.82) is 0 Å². The molecule has 2 heteroatoms. The van der Waals surface area contributed by atoms with Crippen LogP contribution in [0.1, 0.15) is 73.1 Å². The van der Waals surface area contributed by atoms with Crippen molar-refractivity contribution in [2.24, 2.45) is 5.92 Å². The van der Waals surface area contributed by atoms with Crippen molar-refractivity contribution in [1.82, 2.24) is 0 Å². The SMILES string of the molecule is CCC(CC=CC(C)=CC(C)=O)CCCC(C)(O)CC. The van der Waals surface area contributed by atoms with Crippen molar-refractivity contribution in [2.75, 3.05) is 0 Å². The van der Waals surface area contributed by atoms with Gasteiger partial charge in [-0.2, -0.15) is 0 Å². The molecule has 0 spiro atoms. The molecular formula is C18H32O2. The summed E-state index contributed by atoms with van der Waals surface area (Å²) in [5.74, 6) is 0.769. The minimum atomic E-state index is -0.505. The predicted molar refractivity (Wildman–Crippen MR) is 86.7 cm³/mol. The van der Waals surface area contributed by atoms with Crippen molar-refractivity contribution >= 4 is 5.78 Å². The van der Waals surface area contributed by atoms with Gasteiger partial charge in [0.15, 0.2) is 5.78 Å². The van der Waals surface area contributed by atoms with Gasteiger partial charge in [-0.1, -0.05) is 45.3 Å². The maximum Gasteiger partial charge on any atom is 0.152 e. The summed E-state index contributed by atoms with van der Waals surface area (Å²) < 4.78 is 0. The smallest absolute Gasteiger partial charge is 0.152 e. The van der Waals surface area contributed by atoms with Gasteiger partial charge in [0.25, 0.3) is 0 Å². The maximum atomic E-state index is 10.9. The molecule has 116 valence electrons. The van der Waals surface area contributed by atoms with Crippen molar-refractivity contribution in [2.45, 2.75) is 78.7 Å². The molecule has 2 atom stereocenters. The minimum Gasteiger partial charge on any atom is -0.390 e. The lowest BCUT2D eigenvalue weighted by molar-refractivity contribution is -0.112. The lowest BCUT2D eigenvalue weighted by Gasteiger charge is -2.22. The first-order valence-corrected chi connectivity index (χ1v) is 7.88. The van der Waals surface area contributed by atoms with E-state index in [1.165, 1.54) is 0 Å². The minimum absolute atomic E-state index is 0.0981. The van der Waals surface area contributed by atoms with Crippen LogP contribution in [0.5, 0.6) is 0 Å². The van der Waals surface area contributed by atoms with Crippen LogP contribution in [-0.2, 0) is 4.79 Å². The number of aliphatic hydroxyl groups is 1. The quantitative estimate of drug-likeness (QED) is 0.460. The third-order valence-electron chi connectivity index (χ3n) is 3.95. The molecule has 0 aromatic rings. The van der Waals surface area contributed by atoms with Gasteiger partial charge >= 0.3 is 0 Å². The van der Waals surface area contributed by atoms with E-state index in [2.05, 4.69) is 13.0 Å². The molecule has 0 aromatic carbocycles.